The lowest BCUT2D eigenvalue weighted by Crippen LogP contribution is -2.45. The smallest absolute Gasteiger partial charge is 0.0914 e. The van der Waals surface area contributed by atoms with Gasteiger partial charge in [-0.2, -0.15) is 10.5 Å². The Labute approximate surface area is 283 Å². The zero-order valence-electron chi connectivity index (χ0n) is 27.9. The average Bonchev–Trinajstić information content (AvgIpc) is 3.61. The lowest BCUT2D eigenvalue weighted by Gasteiger charge is -2.38. The first kappa shape index (κ1) is 31.7. The van der Waals surface area contributed by atoms with E-state index in [1.54, 1.807) is 12.2 Å². The van der Waals surface area contributed by atoms with Gasteiger partial charge in [-0.05, 0) is 62.4 Å². The first-order chi connectivity index (χ1) is 23.5. The predicted molar refractivity (Wildman–Crippen MR) is 192 cm³/mol. The molecule has 2 unspecified atom stereocenters. The van der Waals surface area contributed by atoms with Gasteiger partial charge in [-0.25, -0.2) is 0 Å². The molecular weight excluding hydrogens is 596 g/mol. The van der Waals surface area contributed by atoms with Gasteiger partial charge in [-0.3, -0.25) is 20.0 Å². The monoisotopic (exact) mass is 638 g/mol. The Hall–Kier alpha value is -4.90. The van der Waals surface area contributed by atoms with Gasteiger partial charge in [0.15, 0.2) is 0 Å². The molecule has 2 saturated heterocycles. The highest BCUT2D eigenvalue weighted by atomic mass is 15.3. The lowest BCUT2D eigenvalue weighted by atomic mass is 9.69. The van der Waals surface area contributed by atoms with E-state index in [2.05, 4.69) is 80.1 Å². The van der Waals surface area contributed by atoms with Gasteiger partial charge in [0.1, 0.15) is 0 Å². The van der Waals surface area contributed by atoms with E-state index in [0.29, 0.717) is 13.1 Å². The van der Waals surface area contributed by atoms with Crippen LogP contribution in [0.2, 0.25) is 0 Å². The molecule has 244 valence electrons. The summed E-state index contributed by atoms with van der Waals surface area (Å²) in [4.78, 5) is 28.3. The average molecular weight is 639 g/mol. The van der Waals surface area contributed by atoms with E-state index in [0.717, 1.165) is 87.8 Å². The number of nitrogens with zero attached hydrogens (tertiary/aromatic N) is 10. The molecule has 10 heteroatoms. The number of aliphatic imine (C=N–C) groups is 4. The van der Waals surface area contributed by atoms with Crippen LogP contribution in [0.5, 0.6) is 0 Å². The van der Waals surface area contributed by atoms with Crippen molar-refractivity contribution >= 4 is 23.9 Å². The van der Waals surface area contributed by atoms with Gasteiger partial charge in [0.25, 0.3) is 0 Å². The van der Waals surface area contributed by atoms with Crippen molar-refractivity contribution in [3.8, 4) is 12.1 Å². The van der Waals surface area contributed by atoms with E-state index in [9.17, 15) is 0 Å². The third-order valence-corrected chi connectivity index (χ3v) is 10.7. The van der Waals surface area contributed by atoms with Crippen molar-refractivity contribution in [2.45, 2.75) is 12.8 Å². The Bertz CT molecular complexity index is 1660. The summed E-state index contributed by atoms with van der Waals surface area (Å²) in [5, 5.41) is 18.1. The van der Waals surface area contributed by atoms with Crippen molar-refractivity contribution in [1.82, 2.24) is 19.6 Å². The SMILES string of the molecule is CN1CCN(C2=C3C=NCC34CC(=CC#N)C=CC4=NC=C2)CC1.CN1CCN(C2=C3C=NCC34CC(=CC#N)C=CC4=NC=C2)CC1. The number of hydrogen-bond acceptors (Lipinski definition) is 10. The zero-order valence-corrected chi connectivity index (χ0v) is 27.9. The highest BCUT2D eigenvalue weighted by Gasteiger charge is 2.46. The highest BCUT2D eigenvalue weighted by Crippen LogP contribution is 2.47. The molecule has 0 bridgehead atoms. The quantitative estimate of drug-likeness (QED) is 0.425. The predicted octanol–water partition coefficient (Wildman–Crippen LogP) is 3.87. The molecule has 8 rings (SSSR count). The van der Waals surface area contributed by atoms with E-state index < -0.39 is 0 Å². The Morgan fingerprint density at radius 2 is 1.02 bits per heavy atom. The number of allylic oxidation sites excluding steroid dienone is 10. The molecular formula is C38H42N10. The molecule has 0 radical (unpaired) electrons. The molecule has 0 N–H and O–H groups in total. The van der Waals surface area contributed by atoms with Crippen molar-refractivity contribution in [1.29, 1.82) is 10.5 Å². The van der Waals surface area contributed by atoms with E-state index in [1.165, 1.54) is 22.5 Å². The summed E-state index contributed by atoms with van der Waals surface area (Å²) in [7, 11) is 4.34. The number of likely N-dealkylation sites (N-methyl/N-ethyl adjacent to an activating group) is 2. The van der Waals surface area contributed by atoms with Crippen LogP contribution in [0.3, 0.4) is 0 Å². The Morgan fingerprint density at radius 3 is 1.42 bits per heavy atom. The first-order valence-electron chi connectivity index (χ1n) is 16.8. The molecule has 0 aromatic heterocycles. The highest BCUT2D eigenvalue weighted by molar-refractivity contribution is 6.11. The summed E-state index contributed by atoms with van der Waals surface area (Å²) >= 11 is 0. The van der Waals surface area contributed by atoms with Gasteiger partial charge >= 0.3 is 0 Å². The van der Waals surface area contributed by atoms with Crippen molar-refractivity contribution in [2.24, 2.45) is 30.8 Å². The van der Waals surface area contributed by atoms with Crippen molar-refractivity contribution < 1.29 is 0 Å². The Balaban J connectivity index is 0.000000152. The maximum Gasteiger partial charge on any atom is 0.0914 e. The van der Waals surface area contributed by atoms with Gasteiger partial charge < -0.3 is 19.6 Å². The number of rotatable bonds is 2. The summed E-state index contributed by atoms with van der Waals surface area (Å²) < 4.78 is 0. The molecule has 8 aliphatic rings. The van der Waals surface area contributed by atoms with E-state index in [1.807, 2.05) is 37.0 Å². The molecule has 0 aromatic rings. The standard InChI is InChI=1S/2C19H21N5/c2*1-23-8-10-24(11-9-23)17-5-7-22-18-3-2-15(4-6-20)12-19(18)14-21-13-16(17)19/h2*2-5,7,13H,8-12,14H2,1H3. The van der Waals surface area contributed by atoms with E-state index in [-0.39, 0.29) is 10.8 Å². The lowest BCUT2D eigenvalue weighted by molar-refractivity contribution is 0.188. The van der Waals surface area contributed by atoms with Crippen molar-refractivity contribution in [3.05, 3.63) is 94.7 Å². The van der Waals surface area contributed by atoms with Gasteiger partial charge in [-0.15, -0.1) is 0 Å². The third kappa shape index (κ3) is 5.76. The Kier molecular flexibility index (Phi) is 8.79. The zero-order chi connectivity index (χ0) is 33.1. The minimum absolute atomic E-state index is 0.209. The van der Waals surface area contributed by atoms with Crippen LogP contribution in [0.25, 0.3) is 0 Å². The van der Waals surface area contributed by atoms with Gasteiger partial charge in [0.05, 0.1) is 47.5 Å². The van der Waals surface area contributed by atoms with E-state index in [4.69, 9.17) is 20.5 Å². The molecule has 2 fully saturated rings. The van der Waals surface area contributed by atoms with E-state index >= 15 is 0 Å². The van der Waals surface area contributed by atoms with Gasteiger partial charge in [0.2, 0.25) is 0 Å². The van der Waals surface area contributed by atoms with Crippen LogP contribution in [0, 0.1) is 33.5 Å². The summed E-state index contributed by atoms with van der Waals surface area (Å²) in [5.74, 6) is 0. The van der Waals surface area contributed by atoms with Crippen LogP contribution in [-0.2, 0) is 0 Å². The molecule has 2 aliphatic carbocycles. The summed E-state index contributed by atoms with van der Waals surface area (Å²) in [5.41, 5.74) is 8.82. The van der Waals surface area contributed by atoms with Crippen LogP contribution in [-0.4, -0.2) is 123 Å². The van der Waals surface area contributed by atoms with Gasteiger partial charge in [-0.1, -0.05) is 12.2 Å². The molecule has 10 nitrogen and oxygen atoms in total. The second-order valence-electron chi connectivity index (χ2n) is 13.7. The fourth-order valence-electron chi connectivity index (χ4n) is 7.95. The fourth-order valence-corrected chi connectivity index (χ4v) is 7.95. The van der Waals surface area contributed by atoms with Crippen LogP contribution in [0.15, 0.2) is 115 Å². The molecule has 0 saturated carbocycles. The Morgan fingerprint density at radius 1 is 0.604 bits per heavy atom. The maximum absolute atomic E-state index is 9.03. The third-order valence-electron chi connectivity index (χ3n) is 10.7. The molecule has 0 amide bonds. The maximum atomic E-state index is 9.03. The second kappa shape index (κ2) is 13.3. The molecule has 2 spiro atoms. The fraction of sp³-hybridized carbons (Fsp3) is 0.421. The normalized spacial score (nSPS) is 30.9. The first-order valence-corrected chi connectivity index (χ1v) is 16.8. The van der Waals surface area contributed by atoms with Crippen LogP contribution >= 0.6 is 0 Å². The minimum Gasteiger partial charge on any atom is -0.369 e. The number of piperazine rings is 2. The van der Waals surface area contributed by atoms with Gasteiger partial charge in [0, 0.05) is 112 Å². The van der Waals surface area contributed by atoms with Crippen LogP contribution in [0.1, 0.15) is 12.8 Å². The van der Waals surface area contributed by atoms with Crippen molar-refractivity contribution in [3.63, 3.8) is 0 Å². The molecule has 48 heavy (non-hydrogen) atoms. The summed E-state index contributed by atoms with van der Waals surface area (Å²) in [6.45, 7) is 9.81. The molecule has 6 aliphatic heterocycles. The summed E-state index contributed by atoms with van der Waals surface area (Å²) in [6.07, 6.45) is 25.2. The molecule has 6 heterocycles. The minimum atomic E-state index is -0.209. The number of hydrogen-bond donors (Lipinski definition) is 0. The summed E-state index contributed by atoms with van der Waals surface area (Å²) in [6, 6.07) is 4.33. The van der Waals surface area contributed by atoms with Crippen LogP contribution < -0.4 is 0 Å². The number of nitriles is 2. The molecule has 2 atom stereocenters. The van der Waals surface area contributed by atoms with Crippen LogP contribution in [0.4, 0.5) is 0 Å². The largest absolute Gasteiger partial charge is 0.369 e. The topological polar surface area (TPSA) is 110 Å². The molecule has 0 aromatic carbocycles. The van der Waals surface area contributed by atoms with Crippen molar-refractivity contribution in [2.75, 3.05) is 79.5 Å². The second-order valence-corrected chi connectivity index (χ2v) is 13.7.